The molecule has 19 heavy (non-hydrogen) atoms. The molecule has 1 unspecified atom stereocenters. The fraction of sp³-hybridized carbons (Fsp3) is 0.688. The Balaban J connectivity index is 1.83. The predicted octanol–water partition coefficient (Wildman–Crippen LogP) is 2.55. The van der Waals surface area contributed by atoms with Gasteiger partial charge in [0.05, 0.1) is 11.6 Å². The lowest BCUT2D eigenvalue weighted by atomic mass is 9.59. The van der Waals surface area contributed by atoms with Gasteiger partial charge in [-0.3, -0.25) is 9.88 Å². The predicted molar refractivity (Wildman–Crippen MR) is 75.9 cm³/mol. The second-order valence-corrected chi connectivity index (χ2v) is 6.09. The van der Waals surface area contributed by atoms with Crippen molar-refractivity contribution < 1.29 is 5.11 Å². The van der Waals surface area contributed by atoms with E-state index in [1.807, 2.05) is 12.3 Å². The number of aryl methyl sites for hydroxylation is 1. The highest BCUT2D eigenvalue weighted by atomic mass is 16.3. The van der Waals surface area contributed by atoms with Crippen LogP contribution in [0.3, 0.4) is 0 Å². The van der Waals surface area contributed by atoms with E-state index in [1.165, 1.54) is 6.42 Å². The van der Waals surface area contributed by atoms with E-state index in [4.69, 9.17) is 0 Å². The Morgan fingerprint density at radius 1 is 1.42 bits per heavy atom. The summed E-state index contributed by atoms with van der Waals surface area (Å²) in [6.45, 7) is 6.47. The summed E-state index contributed by atoms with van der Waals surface area (Å²) < 4.78 is 0. The molecular formula is C16H24N2O. The second kappa shape index (κ2) is 4.88. The molecule has 3 heterocycles. The molecular weight excluding hydrogens is 236 g/mol. The van der Waals surface area contributed by atoms with E-state index in [2.05, 4.69) is 29.8 Å². The number of rotatable bonds is 4. The maximum absolute atomic E-state index is 10.8. The minimum Gasteiger partial charge on any atom is -0.386 e. The van der Waals surface area contributed by atoms with Crippen molar-refractivity contribution in [3.05, 3.63) is 29.6 Å². The third-order valence-corrected chi connectivity index (χ3v) is 5.14. The Hall–Kier alpha value is -0.930. The van der Waals surface area contributed by atoms with E-state index in [-0.39, 0.29) is 11.6 Å². The molecule has 104 valence electrons. The quantitative estimate of drug-likeness (QED) is 0.904. The summed E-state index contributed by atoms with van der Waals surface area (Å²) in [6, 6.07) is 4.10. The summed E-state index contributed by atoms with van der Waals surface area (Å²) in [5.74, 6) is 0.834. The first-order valence-corrected chi connectivity index (χ1v) is 7.57. The van der Waals surface area contributed by atoms with Crippen LogP contribution in [0.2, 0.25) is 0 Å². The normalized spacial score (nSPS) is 31.8. The Morgan fingerprint density at radius 3 is 2.79 bits per heavy atom. The van der Waals surface area contributed by atoms with Gasteiger partial charge < -0.3 is 5.11 Å². The van der Waals surface area contributed by atoms with Crippen LogP contribution in [0.5, 0.6) is 0 Å². The van der Waals surface area contributed by atoms with Crippen LogP contribution in [0.1, 0.15) is 50.5 Å². The molecule has 1 aromatic rings. The van der Waals surface area contributed by atoms with E-state index in [9.17, 15) is 5.11 Å². The maximum atomic E-state index is 10.8. The van der Waals surface area contributed by atoms with Crippen molar-refractivity contribution >= 4 is 0 Å². The standard InChI is InChI=1S/C16H24N2O/c1-3-14-6-5-13(11-17-14)15(19)16-9-12(10-16)7-8-18(16)4-2/h5-6,11-12,15,19H,3-4,7-10H2,1-2H3. The number of nitrogens with zero attached hydrogens (tertiary/aromatic N) is 2. The van der Waals surface area contributed by atoms with Gasteiger partial charge in [0.15, 0.2) is 0 Å². The van der Waals surface area contributed by atoms with E-state index < -0.39 is 0 Å². The van der Waals surface area contributed by atoms with Crippen LogP contribution in [-0.2, 0) is 6.42 Å². The van der Waals surface area contributed by atoms with Crippen molar-refractivity contribution in [2.45, 2.75) is 51.2 Å². The summed E-state index contributed by atoms with van der Waals surface area (Å²) in [7, 11) is 0. The van der Waals surface area contributed by atoms with Crippen LogP contribution in [0.4, 0.5) is 0 Å². The number of pyridine rings is 1. The zero-order valence-corrected chi connectivity index (χ0v) is 12.0. The smallest absolute Gasteiger partial charge is 0.0988 e. The highest BCUT2D eigenvalue weighted by molar-refractivity contribution is 5.24. The lowest BCUT2D eigenvalue weighted by Gasteiger charge is -2.61. The number of aliphatic hydroxyl groups excluding tert-OH is 1. The molecule has 2 aliphatic heterocycles. The third kappa shape index (κ3) is 2.00. The molecule has 1 saturated carbocycles. The fourth-order valence-electron chi connectivity index (χ4n) is 3.95. The number of piperidine rings is 2. The van der Waals surface area contributed by atoms with E-state index in [0.29, 0.717) is 0 Å². The van der Waals surface area contributed by atoms with Gasteiger partial charge in [-0.2, -0.15) is 0 Å². The van der Waals surface area contributed by atoms with Crippen molar-refractivity contribution in [2.75, 3.05) is 13.1 Å². The largest absolute Gasteiger partial charge is 0.386 e. The molecule has 1 atom stereocenters. The van der Waals surface area contributed by atoms with Gasteiger partial charge in [-0.25, -0.2) is 0 Å². The Kier molecular flexibility index (Phi) is 3.35. The number of aromatic nitrogens is 1. The highest BCUT2D eigenvalue weighted by Gasteiger charge is 2.55. The van der Waals surface area contributed by atoms with Crippen LogP contribution >= 0.6 is 0 Å². The summed E-state index contributed by atoms with van der Waals surface area (Å²) in [5, 5.41) is 10.8. The lowest BCUT2D eigenvalue weighted by molar-refractivity contribution is -0.145. The van der Waals surface area contributed by atoms with Crippen molar-refractivity contribution in [2.24, 2.45) is 5.92 Å². The van der Waals surface area contributed by atoms with Crippen molar-refractivity contribution in [3.63, 3.8) is 0 Å². The van der Waals surface area contributed by atoms with Crippen LogP contribution < -0.4 is 0 Å². The molecule has 3 aliphatic rings. The van der Waals surface area contributed by atoms with Gasteiger partial charge in [-0.05, 0) is 50.8 Å². The first-order chi connectivity index (χ1) is 9.19. The first-order valence-electron chi connectivity index (χ1n) is 7.57. The summed E-state index contributed by atoms with van der Waals surface area (Å²) in [4.78, 5) is 6.91. The zero-order valence-electron chi connectivity index (χ0n) is 12.0. The minimum absolute atomic E-state index is 0.00687. The molecule has 1 aromatic heterocycles. The molecule has 1 N–H and O–H groups in total. The van der Waals surface area contributed by atoms with Crippen LogP contribution in [0, 0.1) is 5.92 Å². The topological polar surface area (TPSA) is 36.4 Å². The maximum Gasteiger partial charge on any atom is 0.0988 e. The van der Waals surface area contributed by atoms with Gasteiger partial charge >= 0.3 is 0 Å². The van der Waals surface area contributed by atoms with E-state index in [1.54, 1.807) is 0 Å². The van der Waals surface area contributed by atoms with Crippen molar-refractivity contribution in [1.82, 2.24) is 9.88 Å². The van der Waals surface area contributed by atoms with Crippen LogP contribution in [0.15, 0.2) is 18.3 Å². The van der Waals surface area contributed by atoms with Crippen LogP contribution in [0.25, 0.3) is 0 Å². The number of hydrogen-bond acceptors (Lipinski definition) is 3. The zero-order chi connectivity index (χ0) is 13.5. The Bertz CT molecular complexity index is 437. The Labute approximate surface area is 115 Å². The third-order valence-electron chi connectivity index (χ3n) is 5.14. The second-order valence-electron chi connectivity index (χ2n) is 6.09. The molecule has 1 aliphatic carbocycles. The monoisotopic (exact) mass is 260 g/mol. The van der Waals surface area contributed by atoms with Gasteiger partial charge in [0, 0.05) is 17.5 Å². The molecule has 3 fully saturated rings. The average Bonchev–Trinajstić information content (AvgIpc) is 2.45. The fourth-order valence-corrected chi connectivity index (χ4v) is 3.95. The lowest BCUT2D eigenvalue weighted by Crippen LogP contribution is -2.65. The molecule has 2 saturated heterocycles. The van der Waals surface area contributed by atoms with Gasteiger partial charge in [0.2, 0.25) is 0 Å². The number of hydrogen-bond donors (Lipinski definition) is 1. The molecule has 4 rings (SSSR count). The molecule has 3 nitrogen and oxygen atoms in total. The van der Waals surface area contributed by atoms with Crippen LogP contribution in [-0.4, -0.2) is 33.6 Å². The van der Waals surface area contributed by atoms with Gasteiger partial charge in [0.25, 0.3) is 0 Å². The summed E-state index contributed by atoms with van der Waals surface area (Å²) >= 11 is 0. The van der Waals surface area contributed by atoms with E-state index in [0.717, 1.165) is 49.5 Å². The van der Waals surface area contributed by atoms with Gasteiger partial charge in [-0.1, -0.05) is 19.9 Å². The SMILES string of the molecule is CCc1ccc(C(O)C23CC(CCN2CC)C3)cn1. The average molecular weight is 260 g/mol. The molecule has 0 radical (unpaired) electrons. The molecule has 0 amide bonds. The van der Waals surface area contributed by atoms with Gasteiger partial charge in [0.1, 0.15) is 0 Å². The van der Waals surface area contributed by atoms with Gasteiger partial charge in [-0.15, -0.1) is 0 Å². The van der Waals surface area contributed by atoms with E-state index >= 15 is 0 Å². The number of aliphatic hydroxyl groups is 1. The molecule has 3 heteroatoms. The highest BCUT2D eigenvalue weighted by Crippen LogP contribution is 2.54. The van der Waals surface area contributed by atoms with Crippen molar-refractivity contribution in [3.8, 4) is 0 Å². The molecule has 0 aromatic carbocycles. The number of likely N-dealkylation sites (N-methyl/N-ethyl adjacent to an activating group) is 1. The summed E-state index contributed by atoms with van der Waals surface area (Å²) in [6.07, 6.45) is 6.03. The number of fused-ring (bicyclic) bond motifs is 2. The van der Waals surface area contributed by atoms with Crippen molar-refractivity contribution in [1.29, 1.82) is 0 Å². The molecule has 0 spiro atoms. The Morgan fingerprint density at radius 2 is 2.21 bits per heavy atom. The summed E-state index contributed by atoms with van der Waals surface area (Å²) in [5.41, 5.74) is 2.07. The molecule has 2 bridgehead atoms. The minimum atomic E-state index is -0.387. The first kappa shape index (κ1) is 13.1.